The Labute approximate surface area is 194 Å². The maximum absolute atomic E-state index is 13.3. The van der Waals surface area contributed by atoms with Gasteiger partial charge in [-0.1, -0.05) is 42.5 Å². The second-order valence-corrected chi connectivity index (χ2v) is 8.49. The minimum atomic E-state index is -0.228. The number of carbonyl (C=O) groups excluding carboxylic acids is 1. The Bertz CT molecular complexity index is 1190. The minimum Gasteiger partial charge on any atom is -0.497 e. The van der Waals surface area contributed by atoms with E-state index in [0.717, 1.165) is 36.5 Å². The summed E-state index contributed by atoms with van der Waals surface area (Å²) in [6, 6.07) is 17.6. The highest BCUT2D eigenvalue weighted by Gasteiger charge is 2.23. The van der Waals surface area contributed by atoms with E-state index in [1.165, 1.54) is 10.1 Å². The molecule has 2 aromatic carbocycles. The standard InChI is InChI=1S/C26H30N4O3/c1-18(21-10-7-11-22(14-21)33-3)27-25(31)17-30-19(2)28-24-12-13-29(16-23(24)26(30)32)15-20-8-5-4-6-9-20/h4-11,14,18H,12-13,15-17H2,1-3H3,(H,27,31)/t18-/m0/s1. The van der Waals surface area contributed by atoms with Gasteiger partial charge in [0.15, 0.2) is 0 Å². The Balaban J connectivity index is 1.48. The summed E-state index contributed by atoms with van der Waals surface area (Å²) < 4.78 is 6.75. The van der Waals surface area contributed by atoms with Gasteiger partial charge in [-0.05, 0) is 37.1 Å². The number of hydrogen-bond donors (Lipinski definition) is 1. The molecule has 0 spiro atoms. The number of aryl methyl sites for hydroxylation is 1. The third-order valence-corrected chi connectivity index (χ3v) is 6.11. The van der Waals surface area contributed by atoms with Gasteiger partial charge in [0, 0.05) is 26.1 Å². The van der Waals surface area contributed by atoms with Crippen molar-refractivity contribution in [3.05, 3.63) is 93.2 Å². The molecule has 0 saturated heterocycles. The monoisotopic (exact) mass is 446 g/mol. The van der Waals surface area contributed by atoms with Crippen LogP contribution in [0, 0.1) is 6.92 Å². The molecule has 172 valence electrons. The smallest absolute Gasteiger partial charge is 0.258 e. The normalized spacial score (nSPS) is 14.4. The molecule has 0 bridgehead atoms. The summed E-state index contributed by atoms with van der Waals surface area (Å²) in [6.07, 6.45) is 0.734. The Morgan fingerprint density at radius 1 is 1.18 bits per heavy atom. The number of ether oxygens (including phenoxy) is 1. The molecule has 3 aromatic rings. The maximum Gasteiger partial charge on any atom is 0.258 e. The van der Waals surface area contributed by atoms with Crippen molar-refractivity contribution in [2.75, 3.05) is 13.7 Å². The number of carbonyl (C=O) groups is 1. The number of aromatic nitrogens is 2. The minimum absolute atomic E-state index is 0.0576. The van der Waals surface area contributed by atoms with Gasteiger partial charge in [-0.25, -0.2) is 4.98 Å². The summed E-state index contributed by atoms with van der Waals surface area (Å²) in [4.78, 5) is 33.0. The Hall–Kier alpha value is -3.45. The van der Waals surface area contributed by atoms with Gasteiger partial charge >= 0.3 is 0 Å². The molecule has 1 aromatic heterocycles. The third-order valence-electron chi connectivity index (χ3n) is 6.11. The van der Waals surface area contributed by atoms with E-state index < -0.39 is 0 Å². The van der Waals surface area contributed by atoms with Crippen LogP contribution >= 0.6 is 0 Å². The summed E-state index contributed by atoms with van der Waals surface area (Å²) in [5, 5.41) is 2.98. The molecular formula is C26H30N4O3. The molecule has 0 saturated carbocycles. The van der Waals surface area contributed by atoms with Crippen molar-refractivity contribution in [2.45, 2.75) is 45.9 Å². The van der Waals surface area contributed by atoms with E-state index in [1.807, 2.05) is 49.4 Å². The van der Waals surface area contributed by atoms with Crippen LogP contribution in [0.25, 0.3) is 0 Å². The third kappa shape index (κ3) is 5.31. The van der Waals surface area contributed by atoms with Crippen molar-refractivity contribution in [3.63, 3.8) is 0 Å². The average molecular weight is 447 g/mol. The molecule has 0 fully saturated rings. The zero-order valence-corrected chi connectivity index (χ0v) is 19.4. The molecule has 1 amide bonds. The number of fused-ring (bicyclic) bond motifs is 1. The highest BCUT2D eigenvalue weighted by molar-refractivity contribution is 5.76. The van der Waals surface area contributed by atoms with Crippen molar-refractivity contribution in [1.82, 2.24) is 19.8 Å². The lowest BCUT2D eigenvalue weighted by Gasteiger charge is -2.28. The van der Waals surface area contributed by atoms with E-state index in [2.05, 4.69) is 27.3 Å². The molecule has 1 aliphatic rings. The summed E-state index contributed by atoms with van der Waals surface area (Å²) in [5.74, 6) is 1.08. The van der Waals surface area contributed by atoms with Crippen LogP contribution in [-0.4, -0.2) is 34.0 Å². The second-order valence-electron chi connectivity index (χ2n) is 8.49. The number of nitrogens with zero attached hydrogens (tertiary/aromatic N) is 3. The van der Waals surface area contributed by atoms with Crippen LogP contribution in [-0.2, 0) is 30.8 Å². The fraction of sp³-hybridized carbons (Fsp3) is 0.346. The molecule has 0 unspecified atom stereocenters. The molecule has 7 heteroatoms. The van der Waals surface area contributed by atoms with Crippen molar-refractivity contribution >= 4 is 5.91 Å². The molecule has 7 nitrogen and oxygen atoms in total. The molecule has 0 radical (unpaired) electrons. The lowest BCUT2D eigenvalue weighted by atomic mass is 10.1. The van der Waals surface area contributed by atoms with Crippen molar-refractivity contribution in [2.24, 2.45) is 0 Å². The van der Waals surface area contributed by atoms with Gasteiger partial charge in [-0.3, -0.25) is 19.1 Å². The number of rotatable bonds is 7. The van der Waals surface area contributed by atoms with Crippen LogP contribution in [0.5, 0.6) is 5.75 Å². The van der Waals surface area contributed by atoms with Crippen LogP contribution < -0.4 is 15.6 Å². The summed E-state index contributed by atoms with van der Waals surface area (Å²) >= 11 is 0. The largest absolute Gasteiger partial charge is 0.497 e. The highest BCUT2D eigenvalue weighted by atomic mass is 16.5. The number of amides is 1. The molecule has 1 atom stereocenters. The quantitative estimate of drug-likeness (QED) is 0.604. The fourth-order valence-electron chi connectivity index (χ4n) is 4.28. The van der Waals surface area contributed by atoms with Gasteiger partial charge in [0.25, 0.3) is 5.56 Å². The molecule has 33 heavy (non-hydrogen) atoms. The predicted octanol–water partition coefficient (Wildman–Crippen LogP) is 3.00. The average Bonchev–Trinajstić information content (AvgIpc) is 2.83. The lowest BCUT2D eigenvalue weighted by Crippen LogP contribution is -2.41. The van der Waals surface area contributed by atoms with Gasteiger partial charge in [0.2, 0.25) is 5.91 Å². The maximum atomic E-state index is 13.3. The van der Waals surface area contributed by atoms with E-state index in [0.29, 0.717) is 17.9 Å². The van der Waals surface area contributed by atoms with Gasteiger partial charge in [-0.2, -0.15) is 0 Å². The molecular weight excluding hydrogens is 416 g/mol. The van der Waals surface area contributed by atoms with E-state index >= 15 is 0 Å². The molecule has 1 aliphatic heterocycles. The molecule has 0 aliphatic carbocycles. The van der Waals surface area contributed by atoms with Gasteiger partial charge < -0.3 is 10.1 Å². The second kappa shape index (κ2) is 10.0. The van der Waals surface area contributed by atoms with Crippen LogP contribution in [0.3, 0.4) is 0 Å². The number of methoxy groups -OCH3 is 1. The van der Waals surface area contributed by atoms with Crippen LogP contribution in [0.4, 0.5) is 0 Å². The first-order valence-corrected chi connectivity index (χ1v) is 11.2. The topological polar surface area (TPSA) is 76.5 Å². The van der Waals surface area contributed by atoms with E-state index in [4.69, 9.17) is 4.74 Å². The van der Waals surface area contributed by atoms with Crippen LogP contribution in [0.2, 0.25) is 0 Å². The van der Waals surface area contributed by atoms with E-state index in [9.17, 15) is 9.59 Å². The zero-order chi connectivity index (χ0) is 23.4. The molecule has 1 N–H and O–H groups in total. The zero-order valence-electron chi connectivity index (χ0n) is 19.4. The van der Waals surface area contributed by atoms with Gasteiger partial charge in [-0.15, -0.1) is 0 Å². The number of hydrogen-bond acceptors (Lipinski definition) is 5. The van der Waals surface area contributed by atoms with Crippen molar-refractivity contribution in [1.29, 1.82) is 0 Å². The summed E-state index contributed by atoms with van der Waals surface area (Å²) in [6.45, 7) is 5.82. The Morgan fingerprint density at radius 2 is 1.97 bits per heavy atom. The molecule has 2 heterocycles. The van der Waals surface area contributed by atoms with Gasteiger partial charge in [0.05, 0.1) is 24.4 Å². The highest BCUT2D eigenvalue weighted by Crippen LogP contribution is 2.19. The lowest BCUT2D eigenvalue weighted by molar-refractivity contribution is -0.122. The van der Waals surface area contributed by atoms with Gasteiger partial charge in [0.1, 0.15) is 18.1 Å². The fourth-order valence-corrected chi connectivity index (χ4v) is 4.28. The van der Waals surface area contributed by atoms with E-state index in [1.54, 1.807) is 14.0 Å². The Morgan fingerprint density at radius 3 is 2.73 bits per heavy atom. The first kappa shape index (κ1) is 22.7. The number of benzene rings is 2. The predicted molar refractivity (Wildman–Crippen MR) is 127 cm³/mol. The van der Waals surface area contributed by atoms with Crippen molar-refractivity contribution in [3.8, 4) is 5.75 Å². The van der Waals surface area contributed by atoms with E-state index in [-0.39, 0.29) is 24.1 Å². The van der Waals surface area contributed by atoms with Crippen LogP contribution in [0.15, 0.2) is 59.4 Å². The van der Waals surface area contributed by atoms with Crippen molar-refractivity contribution < 1.29 is 9.53 Å². The molecule has 4 rings (SSSR count). The first-order chi connectivity index (χ1) is 15.9. The number of nitrogens with one attached hydrogen (secondary N) is 1. The summed E-state index contributed by atoms with van der Waals surface area (Å²) in [7, 11) is 1.61. The first-order valence-electron chi connectivity index (χ1n) is 11.2. The SMILES string of the molecule is COc1cccc([C@H](C)NC(=O)Cn2c(C)nc3c(c2=O)CN(Cc2ccccc2)CC3)c1. The Kier molecular flexibility index (Phi) is 6.89. The summed E-state index contributed by atoms with van der Waals surface area (Å²) in [5.41, 5.74) is 3.57. The van der Waals surface area contributed by atoms with Crippen LogP contribution in [0.1, 0.15) is 41.2 Å².